The number of carboxylic acid groups (broad SMARTS) is 1. The second-order valence-electron chi connectivity index (χ2n) is 4.06. The Bertz CT molecular complexity index is 525. The Labute approximate surface area is 110 Å². The van der Waals surface area contributed by atoms with E-state index in [1.165, 1.54) is 0 Å². The second-order valence-corrected chi connectivity index (χ2v) is 4.06. The summed E-state index contributed by atoms with van der Waals surface area (Å²) in [5, 5.41) is 16.4. The third-order valence-corrected chi connectivity index (χ3v) is 2.60. The molecule has 100 valence electrons. The lowest BCUT2D eigenvalue weighted by atomic mass is 10.2. The van der Waals surface area contributed by atoms with Crippen molar-refractivity contribution in [3.63, 3.8) is 0 Å². The smallest absolute Gasteiger partial charge is 0.329 e. The fourth-order valence-corrected chi connectivity index (χ4v) is 1.70. The van der Waals surface area contributed by atoms with Crippen LogP contribution in [0.5, 0.6) is 0 Å². The standard InChI is InChI=1S/C13H15N3O3/c17-13(18)10-19-7-6-12-8-14-15-16(12)9-11-4-2-1-3-5-11/h1-5,8H,6-7,9-10H2,(H,17,18). The van der Waals surface area contributed by atoms with Crippen LogP contribution in [-0.2, 0) is 22.5 Å². The number of rotatable bonds is 7. The zero-order valence-electron chi connectivity index (χ0n) is 10.4. The third-order valence-electron chi connectivity index (χ3n) is 2.60. The molecule has 0 amide bonds. The molecule has 1 heterocycles. The highest BCUT2D eigenvalue weighted by Gasteiger charge is 2.05. The molecule has 0 unspecified atom stereocenters. The Morgan fingerprint density at radius 1 is 1.32 bits per heavy atom. The van der Waals surface area contributed by atoms with Crippen LogP contribution in [0.25, 0.3) is 0 Å². The fourth-order valence-electron chi connectivity index (χ4n) is 1.70. The zero-order chi connectivity index (χ0) is 13.5. The first-order chi connectivity index (χ1) is 9.25. The minimum atomic E-state index is -0.962. The summed E-state index contributed by atoms with van der Waals surface area (Å²) < 4.78 is 6.80. The summed E-state index contributed by atoms with van der Waals surface area (Å²) in [4.78, 5) is 10.3. The molecule has 0 aliphatic rings. The van der Waals surface area contributed by atoms with Crippen LogP contribution in [0.1, 0.15) is 11.3 Å². The van der Waals surface area contributed by atoms with Gasteiger partial charge in [-0.15, -0.1) is 5.10 Å². The van der Waals surface area contributed by atoms with Gasteiger partial charge in [-0.25, -0.2) is 9.48 Å². The van der Waals surface area contributed by atoms with Gasteiger partial charge in [-0.2, -0.15) is 0 Å². The Kier molecular flexibility index (Phi) is 4.63. The molecule has 0 spiro atoms. The van der Waals surface area contributed by atoms with Crippen molar-refractivity contribution in [1.29, 1.82) is 0 Å². The number of hydrogen-bond donors (Lipinski definition) is 1. The van der Waals surface area contributed by atoms with Gasteiger partial charge in [-0.3, -0.25) is 0 Å². The van der Waals surface area contributed by atoms with E-state index >= 15 is 0 Å². The molecule has 0 aliphatic heterocycles. The highest BCUT2D eigenvalue weighted by molar-refractivity contribution is 5.67. The average Bonchev–Trinajstić information content (AvgIpc) is 2.83. The van der Waals surface area contributed by atoms with E-state index < -0.39 is 5.97 Å². The van der Waals surface area contributed by atoms with Gasteiger partial charge in [0.05, 0.1) is 25.0 Å². The lowest BCUT2D eigenvalue weighted by Gasteiger charge is -2.06. The highest BCUT2D eigenvalue weighted by atomic mass is 16.5. The molecule has 2 aromatic rings. The van der Waals surface area contributed by atoms with Crippen molar-refractivity contribution in [3.8, 4) is 0 Å². The predicted molar refractivity (Wildman–Crippen MR) is 67.7 cm³/mol. The summed E-state index contributed by atoms with van der Waals surface area (Å²) in [6.45, 7) is 0.712. The van der Waals surface area contributed by atoms with E-state index in [1.807, 2.05) is 30.3 Å². The molecule has 1 aromatic heterocycles. The SMILES string of the molecule is O=C(O)COCCc1cnnn1Cc1ccccc1. The molecule has 2 rings (SSSR count). The molecule has 0 saturated heterocycles. The molecule has 0 aliphatic carbocycles. The van der Waals surface area contributed by atoms with E-state index in [4.69, 9.17) is 9.84 Å². The summed E-state index contributed by atoms with van der Waals surface area (Å²) in [5.41, 5.74) is 2.06. The Morgan fingerprint density at radius 3 is 2.84 bits per heavy atom. The molecular formula is C13H15N3O3. The minimum Gasteiger partial charge on any atom is -0.480 e. The normalized spacial score (nSPS) is 10.5. The molecule has 0 fully saturated rings. The van der Waals surface area contributed by atoms with Crippen molar-refractivity contribution < 1.29 is 14.6 Å². The van der Waals surface area contributed by atoms with E-state index in [1.54, 1.807) is 10.9 Å². The first kappa shape index (κ1) is 13.2. The number of carbonyl (C=O) groups is 1. The largest absolute Gasteiger partial charge is 0.480 e. The van der Waals surface area contributed by atoms with E-state index in [9.17, 15) is 4.79 Å². The topological polar surface area (TPSA) is 77.2 Å². The van der Waals surface area contributed by atoms with Gasteiger partial charge < -0.3 is 9.84 Å². The molecule has 0 bridgehead atoms. The van der Waals surface area contributed by atoms with Gasteiger partial charge in [0.1, 0.15) is 6.61 Å². The van der Waals surface area contributed by atoms with Gasteiger partial charge in [-0.1, -0.05) is 35.5 Å². The molecule has 1 aromatic carbocycles. The first-order valence-electron chi connectivity index (χ1n) is 5.96. The maximum Gasteiger partial charge on any atom is 0.329 e. The van der Waals surface area contributed by atoms with Crippen molar-refractivity contribution >= 4 is 5.97 Å². The summed E-state index contributed by atoms with van der Waals surface area (Å²) in [6.07, 6.45) is 2.26. The molecule has 0 atom stereocenters. The lowest BCUT2D eigenvalue weighted by molar-refractivity contribution is -0.142. The third kappa shape index (κ3) is 4.18. The van der Waals surface area contributed by atoms with Crippen LogP contribution in [0.2, 0.25) is 0 Å². The predicted octanol–water partition coefficient (Wildman–Crippen LogP) is 0.970. The molecule has 0 saturated carbocycles. The summed E-state index contributed by atoms with van der Waals surface area (Å²) in [6, 6.07) is 9.95. The molecule has 0 radical (unpaired) electrons. The van der Waals surface area contributed by atoms with Crippen LogP contribution in [-0.4, -0.2) is 39.3 Å². The van der Waals surface area contributed by atoms with Gasteiger partial charge in [0.25, 0.3) is 0 Å². The fraction of sp³-hybridized carbons (Fsp3) is 0.308. The van der Waals surface area contributed by atoms with E-state index in [-0.39, 0.29) is 6.61 Å². The monoisotopic (exact) mass is 261 g/mol. The number of aliphatic carboxylic acids is 1. The summed E-state index contributed by atoms with van der Waals surface area (Å²) >= 11 is 0. The van der Waals surface area contributed by atoms with Crippen LogP contribution >= 0.6 is 0 Å². The average molecular weight is 261 g/mol. The number of nitrogens with zero attached hydrogens (tertiary/aromatic N) is 3. The summed E-state index contributed by atoms with van der Waals surface area (Å²) in [7, 11) is 0. The number of aromatic nitrogens is 3. The quantitative estimate of drug-likeness (QED) is 0.751. The van der Waals surface area contributed by atoms with Gasteiger partial charge in [-0.05, 0) is 5.56 Å². The van der Waals surface area contributed by atoms with E-state index in [2.05, 4.69) is 10.3 Å². The van der Waals surface area contributed by atoms with Crippen molar-refractivity contribution in [2.24, 2.45) is 0 Å². The highest BCUT2D eigenvalue weighted by Crippen LogP contribution is 2.05. The molecular weight excluding hydrogens is 246 g/mol. The van der Waals surface area contributed by atoms with Gasteiger partial charge in [0.2, 0.25) is 0 Å². The number of benzene rings is 1. The first-order valence-corrected chi connectivity index (χ1v) is 5.96. The number of carboxylic acids is 1. The van der Waals surface area contributed by atoms with Crippen LogP contribution in [0.4, 0.5) is 0 Å². The molecule has 6 heteroatoms. The Hall–Kier alpha value is -2.21. The lowest BCUT2D eigenvalue weighted by Crippen LogP contribution is -2.12. The maximum absolute atomic E-state index is 10.3. The van der Waals surface area contributed by atoms with E-state index in [0.717, 1.165) is 11.3 Å². The van der Waals surface area contributed by atoms with Crippen molar-refractivity contribution in [2.75, 3.05) is 13.2 Å². The van der Waals surface area contributed by atoms with Gasteiger partial charge in [0, 0.05) is 6.42 Å². The second kappa shape index (κ2) is 6.65. The molecule has 6 nitrogen and oxygen atoms in total. The van der Waals surface area contributed by atoms with Gasteiger partial charge >= 0.3 is 5.97 Å². The number of hydrogen-bond acceptors (Lipinski definition) is 4. The van der Waals surface area contributed by atoms with Crippen molar-refractivity contribution in [2.45, 2.75) is 13.0 Å². The van der Waals surface area contributed by atoms with Crippen LogP contribution in [0.3, 0.4) is 0 Å². The van der Waals surface area contributed by atoms with Crippen LogP contribution in [0.15, 0.2) is 36.5 Å². The number of ether oxygens (including phenoxy) is 1. The van der Waals surface area contributed by atoms with Crippen molar-refractivity contribution in [3.05, 3.63) is 47.8 Å². The zero-order valence-corrected chi connectivity index (χ0v) is 10.4. The minimum absolute atomic E-state index is 0.278. The molecule has 19 heavy (non-hydrogen) atoms. The molecule has 1 N–H and O–H groups in total. The Morgan fingerprint density at radius 2 is 2.11 bits per heavy atom. The summed E-state index contributed by atoms with van der Waals surface area (Å²) in [5.74, 6) is -0.962. The van der Waals surface area contributed by atoms with Crippen LogP contribution < -0.4 is 0 Å². The van der Waals surface area contributed by atoms with Crippen molar-refractivity contribution in [1.82, 2.24) is 15.0 Å². The van der Waals surface area contributed by atoms with E-state index in [0.29, 0.717) is 19.6 Å². The van der Waals surface area contributed by atoms with Gasteiger partial charge in [0.15, 0.2) is 0 Å². The maximum atomic E-state index is 10.3. The van der Waals surface area contributed by atoms with Crippen LogP contribution in [0, 0.1) is 0 Å². The Balaban J connectivity index is 1.89.